The van der Waals surface area contributed by atoms with Gasteiger partial charge in [-0.3, -0.25) is 0 Å². The van der Waals surface area contributed by atoms with Crippen LogP contribution >= 0.6 is 11.6 Å². The lowest BCUT2D eigenvalue weighted by Gasteiger charge is -2.05. The first-order chi connectivity index (χ1) is 7.72. The maximum atomic E-state index is 5.73. The van der Waals surface area contributed by atoms with Gasteiger partial charge in [-0.05, 0) is 24.9 Å². The van der Waals surface area contributed by atoms with Crippen LogP contribution in [0.4, 0.5) is 0 Å². The zero-order chi connectivity index (χ0) is 11.8. The lowest BCUT2D eigenvalue weighted by atomic mass is 10.2. The standard InChI is InChI=1S/C12H19ClN2O/c1-3-4-5-6-7-8-16-11-9-10(2)14-12(13)15-11/h9H,3-8H2,1-2H3. The summed E-state index contributed by atoms with van der Waals surface area (Å²) in [6.45, 7) is 4.79. The van der Waals surface area contributed by atoms with Crippen LogP contribution in [-0.4, -0.2) is 16.6 Å². The summed E-state index contributed by atoms with van der Waals surface area (Å²) < 4.78 is 5.51. The van der Waals surface area contributed by atoms with E-state index in [1.54, 1.807) is 6.07 Å². The Morgan fingerprint density at radius 3 is 2.62 bits per heavy atom. The summed E-state index contributed by atoms with van der Waals surface area (Å²) in [5, 5.41) is 0.251. The molecule has 90 valence electrons. The third-order valence-electron chi connectivity index (χ3n) is 2.30. The number of nitrogens with zero attached hydrogens (tertiary/aromatic N) is 2. The molecule has 0 spiro atoms. The van der Waals surface area contributed by atoms with Crippen molar-refractivity contribution in [3.8, 4) is 5.88 Å². The first-order valence-electron chi connectivity index (χ1n) is 5.86. The van der Waals surface area contributed by atoms with Crippen LogP contribution in [0, 0.1) is 6.92 Å². The Kier molecular flexibility index (Phi) is 6.16. The normalized spacial score (nSPS) is 10.4. The molecule has 0 radical (unpaired) electrons. The molecule has 0 bridgehead atoms. The number of rotatable bonds is 7. The van der Waals surface area contributed by atoms with Gasteiger partial charge in [0.25, 0.3) is 0 Å². The van der Waals surface area contributed by atoms with E-state index < -0.39 is 0 Å². The molecule has 4 heteroatoms. The molecule has 0 amide bonds. The predicted molar refractivity (Wildman–Crippen MR) is 66.0 cm³/mol. The third kappa shape index (κ3) is 5.31. The number of aryl methyl sites for hydroxylation is 1. The topological polar surface area (TPSA) is 35.0 Å². The number of hydrogen-bond donors (Lipinski definition) is 0. The molecule has 0 saturated heterocycles. The van der Waals surface area contributed by atoms with Crippen LogP contribution in [0.2, 0.25) is 5.28 Å². The van der Waals surface area contributed by atoms with E-state index >= 15 is 0 Å². The van der Waals surface area contributed by atoms with Gasteiger partial charge in [-0.15, -0.1) is 0 Å². The molecule has 3 nitrogen and oxygen atoms in total. The minimum atomic E-state index is 0.251. The number of aromatic nitrogens is 2. The van der Waals surface area contributed by atoms with E-state index in [2.05, 4.69) is 16.9 Å². The minimum Gasteiger partial charge on any atom is -0.478 e. The fraction of sp³-hybridized carbons (Fsp3) is 0.667. The second kappa shape index (κ2) is 7.44. The van der Waals surface area contributed by atoms with Crippen molar-refractivity contribution in [3.05, 3.63) is 17.0 Å². The molecule has 0 aliphatic rings. The molecule has 0 unspecified atom stereocenters. The highest BCUT2D eigenvalue weighted by Crippen LogP contribution is 2.12. The van der Waals surface area contributed by atoms with Crippen LogP contribution in [0.25, 0.3) is 0 Å². The quantitative estimate of drug-likeness (QED) is 0.539. The molecule has 0 aliphatic heterocycles. The second-order valence-electron chi connectivity index (χ2n) is 3.88. The molecule has 1 aromatic rings. The van der Waals surface area contributed by atoms with E-state index in [0.717, 1.165) is 12.1 Å². The maximum Gasteiger partial charge on any atom is 0.225 e. The number of ether oxygens (including phenoxy) is 1. The summed E-state index contributed by atoms with van der Waals surface area (Å²) in [6.07, 6.45) is 6.13. The van der Waals surface area contributed by atoms with E-state index in [1.807, 2.05) is 6.92 Å². The van der Waals surface area contributed by atoms with Gasteiger partial charge in [0, 0.05) is 11.8 Å². The van der Waals surface area contributed by atoms with Crippen LogP contribution in [0.5, 0.6) is 5.88 Å². The van der Waals surface area contributed by atoms with Crippen LogP contribution in [-0.2, 0) is 0 Å². The van der Waals surface area contributed by atoms with Crippen LogP contribution < -0.4 is 4.74 Å². The smallest absolute Gasteiger partial charge is 0.225 e. The van der Waals surface area contributed by atoms with E-state index in [1.165, 1.54) is 25.7 Å². The van der Waals surface area contributed by atoms with Crippen molar-refractivity contribution >= 4 is 11.6 Å². The Morgan fingerprint density at radius 1 is 1.19 bits per heavy atom. The fourth-order valence-corrected chi connectivity index (χ4v) is 1.68. The molecular weight excluding hydrogens is 224 g/mol. The van der Waals surface area contributed by atoms with Crippen molar-refractivity contribution in [1.29, 1.82) is 0 Å². The van der Waals surface area contributed by atoms with E-state index in [9.17, 15) is 0 Å². The molecule has 1 heterocycles. The number of halogens is 1. The monoisotopic (exact) mass is 242 g/mol. The van der Waals surface area contributed by atoms with Crippen LogP contribution in [0.1, 0.15) is 44.7 Å². The average Bonchev–Trinajstić information content (AvgIpc) is 2.22. The van der Waals surface area contributed by atoms with E-state index in [-0.39, 0.29) is 5.28 Å². The van der Waals surface area contributed by atoms with Gasteiger partial charge in [0.15, 0.2) is 0 Å². The summed E-state index contributed by atoms with van der Waals surface area (Å²) in [7, 11) is 0. The minimum absolute atomic E-state index is 0.251. The first-order valence-corrected chi connectivity index (χ1v) is 6.24. The Hall–Kier alpha value is -0.830. The lowest BCUT2D eigenvalue weighted by molar-refractivity contribution is 0.292. The Balaban J connectivity index is 2.21. The second-order valence-corrected chi connectivity index (χ2v) is 4.22. The zero-order valence-corrected chi connectivity index (χ0v) is 10.8. The van der Waals surface area contributed by atoms with Gasteiger partial charge in [-0.1, -0.05) is 32.6 Å². The molecule has 0 saturated carbocycles. The van der Waals surface area contributed by atoms with Gasteiger partial charge in [0.05, 0.1) is 6.61 Å². The summed E-state index contributed by atoms with van der Waals surface area (Å²) in [5.41, 5.74) is 0.834. The molecule has 0 N–H and O–H groups in total. The van der Waals surface area contributed by atoms with Gasteiger partial charge >= 0.3 is 0 Å². The Labute approximate surface area is 102 Å². The third-order valence-corrected chi connectivity index (χ3v) is 2.47. The van der Waals surface area contributed by atoms with Crippen molar-refractivity contribution in [2.75, 3.05) is 6.61 Å². The fourth-order valence-electron chi connectivity index (χ4n) is 1.46. The van der Waals surface area contributed by atoms with Gasteiger partial charge in [-0.2, -0.15) is 4.98 Å². The molecular formula is C12H19ClN2O. The molecule has 0 aliphatic carbocycles. The highest BCUT2D eigenvalue weighted by molar-refractivity contribution is 6.28. The van der Waals surface area contributed by atoms with Crippen molar-refractivity contribution in [3.63, 3.8) is 0 Å². The Morgan fingerprint density at radius 2 is 1.94 bits per heavy atom. The molecule has 0 aromatic carbocycles. The van der Waals surface area contributed by atoms with Crippen molar-refractivity contribution in [2.45, 2.75) is 46.0 Å². The van der Waals surface area contributed by atoms with Gasteiger partial charge in [0.1, 0.15) is 0 Å². The van der Waals surface area contributed by atoms with Gasteiger partial charge in [-0.25, -0.2) is 4.98 Å². The molecule has 0 fully saturated rings. The highest BCUT2D eigenvalue weighted by Gasteiger charge is 2.00. The summed E-state index contributed by atoms with van der Waals surface area (Å²) in [5.74, 6) is 0.577. The molecule has 0 atom stereocenters. The average molecular weight is 243 g/mol. The molecule has 1 rings (SSSR count). The van der Waals surface area contributed by atoms with E-state index in [0.29, 0.717) is 12.5 Å². The SMILES string of the molecule is CCCCCCCOc1cc(C)nc(Cl)n1. The summed E-state index contributed by atoms with van der Waals surface area (Å²) >= 11 is 5.73. The zero-order valence-electron chi connectivity index (χ0n) is 10.0. The largest absolute Gasteiger partial charge is 0.478 e. The van der Waals surface area contributed by atoms with E-state index in [4.69, 9.17) is 16.3 Å². The van der Waals surface area contributed by atoms with Crippen LogP contribution in [0.3, 0.4) is 0 Å². The molecule has 1 aromatic heterocycles. The van der Waals surface area contributed by atoms with Crippen molar-refractivity contribution in [2.24, 2.45) is 0 Å². The number of unbranched alkanes of at least 4 members (excludes halogenated alkanes) is 4. The Bertz CT molecular complexity index is 298. The van der Waals surface area contributed by atoms with Gasteiger partial charge in [0.2, 0.25) is 11.2 Å². The maximum absolute atomic E-state index is 5.73. The van der Waals surface area contributed by atoms with Gasteiger partial charge < -0.3 is 4.74 Å². The van der Waals surface area contributed by atoms with Crippen molar-refractivity contribution in [1.82, 2.24) is 9.97 Å². The predicted octanol–water partition coefficient (Wildman–Crippen LogP) is 3.79. The lowest BCUT2D eigenvalue weighted by Crippen LogP contribution is -2.00. The number of hydrogen-bond acceptors (Lipinski definition) is 3. The molecule has 16 heavy (non-hydrogen) atoms. The van der Waals surface area contributed by atoms with Crippen LogP contribution in [0.15, 0.2) is 6.07 Å². The summed E-state index contributed by atoms with van der Waals surface area (Å²) in [4.78, 5) is 7.98. The highest BCUT2D eigenvalue weighted by atomic mass is 35.5. The van der Waals surface area contributed by atoms with Crippen molar-refractivity contribution < 1.29 is 4.74 Å². The summed E-state index contributed by atoms with van der Waals surface area (Å²) in [6, 6.07) is 1.80. The first kappa shape index (κ1) is 13.2.